The first kappa shape index (κ1) is 22.8. The van der Waals surface area contributed by atoms with Gasteiger partial charge < -0.3 is 5.32 Å². The maximum Gasteiger partial charge on any atom is 0.270 e. The van der Waals surface area contributed by atoms with Gasteiger partial charge in [0, 0.05) is 22.7 Å². The fourth-order valence-electron chi connectivity index (χ4n) is 3.90. The molecular weight excluding hydrogens is 456 g/mol. The van der Waals surface area contributed by atoms with Gasteiger partial charge in [-0.05, 0) is 35.7 Å². The first-order chi connectivity index (χ1) is 15.9. The summed E-state index contributed by atoms with van der Waals surface area (Å²) in [5.41, 5.74) is 3.05. The van der Waals surface area contributed by atoms with Crippen LogP contribution in [0.25, 0.3) is 5.57 Å². The molecule has 0 saturated carbocycles. The number of anilines is 1. The maximum atomic E-state index is 13.7. The number of nitrogens with one attached hydrogen (secondary N) is 1. The predicted octanol–water partition coefficient (Wildman–Crippen LogP) is 4.79. The number of benzene rings is 3. The Labute approximate surface area is 199 Å². The third-order valence-electron chi connectivity index (χ3n) is 5.38. The lowest BCUT2D eigenvalue weighted by Crippen LogP contribution is -2.42. The minimum absolute atomic E-state index is 0.0276. The number of fused-ring (bicyclic) bond motifs is 1. The molecule has 4 rings (SSSR count). The summed E-state index contributed by atoms with van der Waals surface area (Å²) >= 11 is 6.29. The van der Waals surface area contributed by atoms with E-state index >= 15 is 0 Å². The molecule has 3 aromatic carbocycles. The molecule has 7 heteroatoms. The van der Waals surface area contributed by atoms with Gasteiger partial charge in [-0.1, -0.05) is 78.3 Å². The van der Waals surface area contributed by atoms with Crippen LogP contribution in [0, 0.1) is 0 Å². The van der Waals surface area contributed by atoms with E-state index in [0.717, 1.165) is 5.56 Å². The Morgan fingerprint density at radius 3 is 2.33 bits per heavy atom. The van der Waals surface area contributed by atoms with Crippen LogP contribution >= 0.6 is 11.6 Å². The van der Waals surface area contributed by atoms with Gasteiger partial charge in [-0.2, -0.15) is 0 Å². The van der Waals surface area contributed by atoms with E-state index in [0.29, 0.717) is 40.4 Å². The van der Waals surface area contributed by atoms with Gasteiger partial charge in [-0.25, -0.2) is 8.42 Å². The molecule has 5 nitrogen and oxygen atoms in total. The lowest BCUT2D eigenvalue weighted by atomic mass is 9.95. The van der Waals surface area contributed by atoms with Gasteiger partial charge in [0.2, 0.25) is 0 Å². The molecule has 1 aliphatic heterocycles. The molecule has 0 aromatic heterocycles. The monoisotopic (exact) mass is 478 g/mol. The van der Waals surface area contributed by atoms with E-state index < -0.39 is 15.9 Å². The predicted molar refractivity (Wildman–Crippen MR) is 134 cm³/mol. The van der Waals surface area contributed by atoms with E-state index in [1.807, 2.05) is 36.4 Å². The molecule has 1 aliphatic rings. The molecular formula is C26H23ClN2O3S. The molecule has 0 saturated heterocycles. The first-order valence-electron chi connectivity index (χ1n) is 10.5. The van der Waals surface area contributed by atoms with Crippen LogP contribution in [-0.2, 0) is 21.2 Å². The van der Waals surface area contributed by atoms with Crippen LogP contribution in [-0.4, -0.2) is 27.4 Å². The molecule has 1 amide bonds. The van der Waals surface area contributed by atoms with Crippen molar-refractivity contribution in [1.29, 1.82) is 0 Å². The molecule has 168 valence electrons. The molecule has 3 aromatic rings. The summed E-state index contributed by atoms with van der Waals surface area (Å²) in [6.45, 7) is 4.02. The zero-order valence-electron chi connectivity index (χ0n) is 17.9. The first-order valence-corrected chi connectivity index (χ1v) is 12.3. The average molecular weight is 479 g/mol. The van der Waals surface area contributed by atoms with E-state index in [1.54, 1.807) is 42.5 Å². The third kappa shape index (κ3) is 4.58. The smallest absolute Gasteiger partial charge is 0.270 e. The van der Waals surface area contributed by atoms with Crippen molar-refractivity contribution in [3.05, 3.63) is 118 Å². The quantitative estimate of drug-likeness (QED) is 0.496. The fourth-order valence-corrected chi connectivity index (χ4v) is 5.80. The van der Waals surface area contributed by atoms with Crippen molar-refractivity contribution < 1.29 is 13.2 Å². The second-order valence-corrected chi connectivity index (χ2v) is 9.78. The Hall–Kier alpha value is -3.35. The standard InChI is InChI=1S/C26H23ClN2O3S/c1-2-17-29-23-14-13-21(27)18-22(23)24(20-11-7-4-8-12-20)25(33(29,31)32)26(30)28-16-15-19-9-5-3-6-10-19/h2-14,18H,1,15-17H2,(H,28,30). The van der Waals surface area contributed by atoms with Gasteiger partial charge in [-0.15, -0.1) is 6.58 Å². The zero-order chi connectivity index (χ0) is 23.4. The second-order valence-electron chi connectivity index (χ2n) is 7.55. The van der Waals surface area contributed by atoms with E-state index in [9.17, 15) is 13.2 Å². The second kappa shape index (κ2) is 9.65. The van der Waals surface area contributed by atoms with Crippen molar-refractivity contribution in [2.75, 3.05) is 17.4 Å². The maximum absolute atomic E-state index is 13.7. The summed E-state index contributed by atoms with van der Waals surface area (Å²) in [5.74, 6) is -0.649. The van der Waals surface area contributed by atoms with Gasteiger partial charge in [-0.3, -0.25) is 9.10 Å². The molecule has 0 fully saturated rings. The fraction of sp³-hybridized carbons (Fsp3) is 0.115. The van der Waals surface area contributed by atoms with Crippen molar-refractivity contribution >= 4 is 38.8 Å². The van der Waals surface area contributed by atoms with Crippen LogP contribution in [0.5, 0.6) is 0 Å². The highest BCUT2D eigenvalue weighted by molar-refractivity contribution is 7.97. The number of nitrogens with zero attached hydrogens (tertiary/aromatic N) is 1. The summed E-state index contributed by atoms with van der Waals surface area (Å²) in [4.78, 5) is 13.1. The summed E-state index contributed by atoms with van der Waals surface area (Å²) in [5, 5.41) is 3.25. The number of hydrogen-bond acceptors (Lipinski definition) is 3. The minimum atomic E-state index is -4.16. The van der Waals surface area contributed by atoms with Crippen LogP contribution in [0.3, 0.4) is 0 Å². The number of hydrogen-bond donors (Lipinski definition) is 1. The van der Waals surface area contributed by atoms with Crippen LogP contribution < -0.4 is 9.62 Å². The molecule has 1 heterocycles. The normalized spacial score (nSPS) is 14.5. The van der Waals surface area contributed by atoms with Crippen molar-refractivity contribution in [3.63, 3.8) is 0 Å². The number of rotatable bonds is 7. The minimum Gasteiger partial charge on any atom is -0.351 e. The van der Waals surface area contributed by atoms with Crippen molar-refractivity contribution in [2.45, 2.75) is 6.42 Å². The van der Waals surface area contributed by atoms with Gasteiger partial charge in [0.25, 0.3) is 15.9 Å². The lowest BCUT2D eigenvalue weighted by molar-refractivity contribution is -0.116. The highest BCUT2D eigenvalue weighted by Gasteiger charge is 2.40. The molecule has 0 atom stereocenters. The number of carbonyl (C=O) groups excluding carboxylic acids is 1. The molecule has 0 unspecified atom stereocenters. The van der Waals surface area contributed by atoms with Crippen molar-refractivity contribution in [2.24, 2.45) is 0 Å². The summed E-state index contributed by atoms with van der Waals surface area (Å²) in [6.07, 6.45) is 2.08. The average Bonchev–Trinajstić information content (AvgIpc) is 2.81. The topological polar surface area (TPSA) is 66.5 Å². The Kier molecular flexibility index (Phi) is 6.67. The van der Waals surface area contributed by atoms with Crippen LogP contribution in [0.4, 0.5) is 5.69 Å². The van der Waals surface area contributed by atoms with E-state index in [1.165, 1.54) is 10.4 Å². The van der Waals surface area contributed by atoms with E-state index in [4.69, 9.17) is 11.6 Å². The highest BCUT2D eigenvalue weighted by Crippen LogP contribution is 2.43. The third-order valence-corrected chi connectivity index (χ3v) is 7.44. The number of carbonyl (C=O) groups is 1. The van der Waals surface area contributed by atoms with Crippen LogP contribution in [0.15, 0.2) is 96.4 Å². The summed E-state index contributed by atoms with van der Waals surface area (Å²) in [6, 6.07) is 23.7. The van der Waals surface area contributed by atoms with Crippen LogP contribution in [0.1, 0.15) is 16.7 Å². The molecule has 1 N–H and O–H groups in total. The molecule has 0 bridgehead atoms. The highest BCUT2D eigenvalue weighted by atomic mass is 35.5. The molecule has 0 aliphatic carbocycles. The van der Waals surface area contributed by atoms with Crippen molar-refractivity contribution in [1.82, 2.24) is 5.32 Å². The Morgan fingerprint density at radius 1 is 1.00 bits per heavy atom. The van der Waals surface area contributed by atoms with Gasteiger partial charge in [0.05, 0.1) is 12.2 Å². The number of sulfonamides is 1. The largest absolute Gasteiger partial charge is 0.351 e. The number of amides is 1. The van der Waals surface area contributed by atoms with Gasteiger partial charge >= 0.3 is 0 Å². The zero-order valence-corrected chi connectivity index (χ0v) is 19.4. The van der Waals surface area contributed by atoms with Gasteiger partial charge in [0.15, 0.2) is 4.91 Å². The lowest BCUT2D eigenvalue weighted by Gasteiger charge is -2.33. The van der Waals surface area contributed by atoms with E-state index in [-0.39, 0.29) is 11.4 Å². The molecule has 0 spiro atoms. The summed E-state index contributed by atoms with van der Waals surface area (Å²) < 4.78 is 28.7. The Morgan fingerprint density at radius 2 is 1.67 bits per heavy atom. The Bertz CT molecular complexity index is 1320. The SMILES string of the molecule is C=CCN1c2ccc(Cl)cc2C(c2ccccc2)=C(C(=O)NCCc2ccccc2)S1(=O)=O. The van der Waals surface area contributed by atoms with E-state index in [2.05, 4.69) is 11.9 Å². The number of halogens is 1. The van der Waals surface area contributed by atoms with Crippen molar-refractivity contribution in [3.8, 4) is 0 Å². The summed E-state index contributed by atoms with van der Waals surface area (Å²) in [7, 11) is -4.16. The molecule has 0 radical (unpaired) electrons. The molecule has 33 heavy (non-hydrogen) atoms. The Balaban J connectivity index is 1.84. The van der Waals surface area contributed by atoms with Crippen LogP contribution in [0.2, 0.25) is 5.02 Å². The van der Waals surface area contributed by atoms with Gasteiger partial charge in [0.1, 0.15) is 0 Å².